The molecule has 0 saturated heterocycles. The van der Waals surface area contributed by atoms with Gasteiger partial charge in [-0.05, 0) is 38.8 Å². The topological polar surface area (TPSA) is 114 Å². The lowest BCUT2D eigenvalue weighted by Gasteiger charge is -2.29. The fourth-order valence-electron chi connectivity index (χ4n) is 3.20. The normalized spacial score (nSPS) is 12.9. The summed E-state index contributed by atoms with van der Waals surface area (Å²) in [6.45, 7) is 8.12. The van der Waals surface area contributed by atoms with Crippen LogP contribution in [0, 0.1) is 6.92 Å². The van der Waals surface area contributed by atoms with Crippen molar-refractivity contribution in [1.29, 1.82) is 0 Å². The van der Waals surface area contributed by atoms with Crippen LogP contribution in [0.2, 0.25) is 0 Å². The van der Waals surface area contributed by atoms with Crippen LogP contribution in [-0.2, 0) is 13.6 Å². The predicted molar refractivity (Wildman–Crippen MR) is 113 cm³/mol. The fraction of sp³-hybridized carbons (Fsp3) is 0.450. The van der Waals surface area contributed by atoms with Gasteiger partial charge in [0.1, 0.15) is 0 Å². The third kappa shape index (κ3) is 4.17. The van der Waals surface area contributed by atoms with Gasteiger partial charge in [-0.1, -0.05) is 24.6 Å². The molecule has 28 heavy (non-hydrogen) atoms. The molecule has 1 unspecified atom stereocenters. The van der Waals surface area contributed by atoms with Crippen molar-refractivity contribution in [2.24, 2.45) is 7.05 Å². The Kier molecular flexibility index (Phi) is 5.42. The quantitative estimate of drug-likeness (QED) is 0.464. The van der Waals surface area contributed by atoms with Crippen molar-refractivity contribution in [2.75, 3.05) is 16.4 Å². The molecular weight excluding hydrogens is 354 g/mol. The highest BCUT2D eigenvalue weighted by Gasteiger charge is 2.26. The Morgan fingerprint density at radius 1 is 1.29 bits per heavy atom. The largest absolute Gasteiger partial charge is 0.398 e. The van der Waals surface area contributed by atoms with E-state index in [0.29, 0.717) is 29.5 Å². The van der Waals surface area contributed by atoms with Gasteiger partial charge >= 0.3 is 0 Å². The summed E-state index contributed by atoms with van der Waals surface area (Å²) in [7, 11) is 1.89. The van der Waals surface area contributed by atoms with Crippen molar-refractivity contribution in [3.05, 3.63) is 35.7 Å². The fourth-order valence-corrected chi connectivity index (χ4v) is 3.20. The molecule has 150 valence electrons. The average Bonchev–Trinajstić information content (AvgIpc) is 3.00. The zero-order valence-corrected chi connectivity index (χ0v) is 17.1. The number of rotatable bonds is 7. The number of aromatic nitrogens is 4. The summed E-state index contributed by atoms with van der Waals surface area (Å²) in [5, 5.41) is 17.0. The molecule has 0 bridgehead atoms. The first kappa shape index (κ1) is 19.9. The average molecular weight is 384 g/mol. The van der Waals surface area contributed by atoms with Gasteiger partial charge in [0.2, 0.25) is 5.95 Å². The third-order valence-corrected chi connectivity index (χ3v) is 4.87. The number of aryl methyl sites for hydroxylation is 2. The standard InChI is InChI=1S/C20H29N7O/c1-6-15(20(3,4)28)24-19-25-17(16-18(26-19)27(5)11-23-16)22-10-13-9-12(2)7-8-14(13)21/h7-9,11,15,28H,6,10,21H2,1-5H3,(H2,22,24,25,26). The van der Waals surface area contributed by atoms with Crippen molar-refractivity contribution in [1.82, 2.24) is 19.5 Å². The first-order valence-electron chi connectivity index (χ1n) is 9.46. The molecule has 3 rings (SSSR count). The SMILES string of the molecule is CCC(Nc1nc(NCc2cc(C)ccc2N)c2ncn(C)c2n1)C(C)(C)O. The zero-order valence-electron chi connectivity index (χ0n) is 17.1. The van der Waals surface area contributed by atoms with Gasteiger partial charge in [-0.25, -0.2) is 4.98 Å². The van der Waals surface area contributed by atoms with Crippen LogP contribution in [0.3, 0.4) is 0 Å². The molecule has 8 heteroatoms. The Morgan fingerprint density at radius 3 is 2.71 bits per heavy atom. The number of anilines is 3. The van der Waals surface area contributed by atoms with Crippen LogP contribution in [-0.4, -0.2) is 36.3 Å². The van der Waals surface area contributed by atoms with E-state index in [1.54, 1.807) is 20.2 Å². The molecule has 0 aliphatic carbocycles. The van der Waals surface area contributed by atoms with Crippen molar-refractivity contribution in [3.8, 4) is 0 Å². The van der Waals surface area contributed by atoms with E-state index in [-0.39, 0.29) is 6.04 Å². The molecule has 0 aliphatic heterocycles. The number of nitrogens with two attached hydrogens (primary N) is 1. The molecular formula is C20H29N7O. The molecule has 1 atom stereocenters. The molecule has 0 saturated carbocycles. The summed E-state index contributed by atoms with van der Waals surface area (Å²) in [6, 6.07) is 5.77. The van der Waals surface area contributed by atoms with Gasteiger partial charge in [-0.3, -0.25) is 0 Å². The van der Waals surface area contributed by atoms with Crippen LogP contribution in [0.1, 0.15) is 38.3 Å². The van der Waals surface area contributed by atoms with Gasteiger partial charge in [0.15, 0.2) is 17.0 Å². The summed E-state index contributed by atoms with van der Waals surface area (Å²) < 4.78 is 1.85. The van der Waals surface area contributed by atoms with Crippen LogP contribution in [0.15, 0.2) is 24.5 Å². The van der Waals surface area contributed by atoms with Gasteiger partial charge in [0, 0.05) is 19.3 Å². The van der Waals surface area contributed by atoms with Crippen molar-refractivity contribution >= 4 is 28.6 Å². The molecule has 2 heterocycles. The number of nitrogens with one attached hydrogen (secondary N) is 2. The third-order valence-electron chi connectivity index (χ3n) is 4.87. The lowest BCUT2D eigenvalue weighted by molar-refractivity contribution is 0.0577. The molecule has 0 amide bonds. The number of fused-ring (bicyclic) bond motifs is 1. The lowest BCUT2D eigenvalue weighted by atomic mass is 9.97. The predicted octanol–water partition coefficient (Wildman–Crippen LogP) is 2.83. The molecule has 8 nitrogen and oxygen atoms in total. The minimum Gasteiger partial charge on any atom is -0.398 e. The van der Waals surface area contributed by atoms with E-state index < -0.39 is 5.60 Å². The lowest BCUT2D eigenvalue weighted by Crippen LogP contribution is -2.41. The summed E-state index contributed by atoms with van der Waals surface area (Å²) >= 11 is 0. The molecule has 0 spiro atoms. The number of nitrogen functional groups attached to an aromatic ring is 1. The maximum Gasteiger partial charge on any atom is 0.227 e. The van der Waals surface area contributed by atoms with Gasteiger partial charge in [0.05, 0.1) is 18.0 Å². The van der Waals surface area contributed by atoms with E-state index in [9.17, 15) is 5.11 Å². The molecule has 0 fully saturated rings. The number of hydrogen-bond donors (Lipinski definition) is 4. The van der Waals surface area contributed by atoms with Gasteiger partial charge < -0.3 is 26.0 Å². The summed E-state index contributed by atoms with van der Waals surface area (Å²) in [5.41, 5.74) is 9.48. The number of hydrogen-bond acceptors (Lipinski definition) is 7. The highest BCUT2D eigenvalue weighted by Crippen LogP contribution is 2.24. The zero-order chi connectivity index (χ0) is 20.5. The Bertz CT molecular complexity index is 975. The Balaban J connectivity index is 1.93. The monoisotopic (exact) mass is 383 g/mol. The molecule has 0 radical (unpaired) electrons. The van der Waals surface area contributed by atoms with Crippen LogP contribution < -0.4 is 16.4 Å². The second-order valence-electron chi connectivity index (χ2n) is 7.74. The number of imidazole rings is 1. The second-order valence-corrected chi connectivity index (χ2v) is 7.74. The van der Waals surface area contributed by atoms with E-state index in [1.165, 1.54) is 0 Å². The van der Waals surface area contributed by atoms with Gasteiger partial charge in [0.25, 0.3) is 0 Å². The Hall–Kier alpha value is -2.87. The molecule has 1 aromatic carbocycles. The first-order chi connectivity index (χ1) is 13.2. The summed E-state index contributed by atoms with van der Waals surface area (Å²) in [5.74, 6) is 1.07. The number of nitrogens with zero attached hydrogens (tertiary/aromatic N) is 4. The highest BCUT2D eigenvalue weighted by molar-refractivity contribution is 5.84. The van der Waals surface area contributed by atoms with E-state index in [2.05, 4.69) is 31.7 Å². The minimum absolute atomic E-state index is 0.182. The maximum atomic E-state index is 10.4. The van der Waals surface area contributed by atoms with E-state index >= 15 is 0 Å². The Labute approximate surface area is 165 Å². The summed E-state index contributed by atoms with van der Waals surface area (Å²) in [4.78, 5) is 13.6. The smallest absolute Gasteiger partial charge is 0.227 e. The van der Waals surface area contributed by atoms with Gasteiger partial charge in [-0.15, -0.1) is 0 Å². The highest BCUT2D eigenvalue weighted by atomic mass is 16.3. The molecule has 2 aromatic heterocycles. The maximum absolute atomic E-state index is 10.4. The molecule has 5 N–H and O–H groups in total. The van der Waals surface area contributed by atoms with Gasteiger partial charge in [-0.2, -0.15) is 9.97 Å². The molecule has 0 aliphatic rings. The van der Waals surface area contributed by atoms with E-state index in [0.717, 1.165) is 23.2 Å². The molecule has 3 aromatic rings. The van der Waals surface area contributed by atoms with Crippen LogP contribution in [0.25, 0.3) is 11.2 Å². The van der Waals surface area contributed by atoms with E-state index in [4.69, 9.17) is 5.73 Å². The summed E-state index contributed by atoms with van der Waals surface area (Å²) in [6.07, 6.45) is 2.45. The van der Waals surface area contributed by atoms with Crippen LogP contribution in [0.5, 0.6) is 0 Å². The van der Waals surface area contributed by atoms with Crippen molar-refractivity contribution < 1.29 is 5.11 Å². The van der Waals surface area contributed by atoms with Crippen molar-refractivity contribution in [3.63, 3.8) is 0 Å². The van der Waals surface area contributed by atoms with Crippen LogP contribution in [0.4, 0.5) is 17.5 Å². The van der Waals surface area contributed by atoms with Crippen LogP contribution >= 0.6 is 0 Å². The number of benzene rings is 1. The number of aliphatic hydroxyl groups is 1. The first-order valence-corrected chi connectivity index (χ1v) is 9.46. The van der Waals surface area contributed by atoms with E-state index in [1.807, 2.05) is 37.6 Å². The van der Waals surface area contributed by atoms with Crippen molar-refractivity contribution in [2.45, 2.75) is 52.3 Å². The second kappa shape index (κ2) is 7.63. The minimum atomic E-state index is -0.900. The Morgan fingerprint density at radius 2 is 2.04 bits per heavy atom.